The summed E-state index contributed by atoms with van der Waals surface area (Å²) in [6.07, 6.45) is 10.4. The second-order valence-corrected chi connectivity index (χ2v) is 5.15. The van der Waals surface area contributed by atoms with Crippen LogP contribution in [0.2, 0.25) is 0 Å². The number of carbonyl (C=O) groups excluding carboxylic acids is 1. The maximum absolute atomic E-state index is 11.5. The molecular weight excluding hydrogens is 248 g/mol. The van der Waals surface area contributed by atoms with Crippen molar-refractivity contribution >= 4 is 11.9 Å². The zero-order chi connectivity index (χ0) is 14.5. The SMILES string of the molecule is CCCCC1=CC(=O)C=C/C1=C/c1ccc(O)cc1C. The van der Waals surface area contributed by atoms with Crippen LogP contribution in [0, 0.1) is 6.92 Å². The summed E-state index contributed by atoms with van der Waals surface area (Å²) in [5.74, 6) is 0.344. The topological polar surface area (TPSA) is 37.3 Å². The summed E-state index contributed by atoms with van der Waals surface area (Å²) >= 11 is 0. The van der Waals surface area contributed by atoms with Crippen molar-refractivity contribution in [3.8, 4) is 5.75 Å². The van der Waals surface area contributed by atoms with Crippen molar-refractivity contribution in [2.24, 2.45) is 0 Å². The molecule has 104 valence electrons. The monoisotopic (exact) mass is 268 g/mol. The summed E-state index contributed by atoms with van der Waals surface area (Å²) in [6, 6.07) is 5.34. The van der Waals surface area contributed by atoms with Crippen LogP contribution in [0.4, 0.5) is 0 Å². The standard InChI is InChI=1S/C18H20O2/c1-3-4-5-15-12-18(20)9-7-16(15)11-14-6-8-17(19)10-13(14)2/h6-12,19H,3-5H2,1-2H3/b16-11-. The van der Waals surface area contributed by atoms with Crippen molar-refractivity contribution in [2.45, 2.75) is 33.1 Å². The Morgan fingerprint density at radius 1 is 1.25 bits per heavy atom. The van der Waals surface area contributed by atoms with E-state index in [9.17, 15) is 9.90 Å². The highest BCUT2D eigenvalue weighted by Gasteiger charge is 2.10. The molecule has 0 bridgehead atoms. The third-order valence-corrected chi connectivity index (χ3v) is 3.48. The van der Waals surface area contributed by atoms with E-state index in [-0.39, 0.29) is 11.5 Å². The Bertz CT molecular complexity index is 604. The predicted molar refractivity (Wildman–Crippen MR) is 82.6 cm³/mol. The number of allylic oxidation sites excluding steroid dienone is 5. The molecule has 2 nitrogen and oxygen atoms in total. The lowest BCUT2D eigenvalue weighted by atomic mass is 9.92. The van der Waals surface area contributed by atoms with Gasteiger partial charge in [0.25, 0.3) is 0 Å². The number of unbranched alkanes of at least 4 members (excludes halogenated alkanes) is 1. The van der Waals surface area contributed by atoms with E-state index in [2.05, 4.69) is 13.0 Å². The van der Waals surface area contributed by atoms with Crippen molar-refractivity contribution in [1.82, 2.24) is 0 Å². The van der Waals surface area contributed by atoms with E-state index in [1.807, 2.05) is 19.1 Å². The maximum Gasteiger partial charge on any atom is 0.178 e. The van der Waals surface area contributed by atoms with E-state index < -0.39 is 0 Å². The van der Waals surface area contributed by atoms with Crippen molar-refractivity contribution < 1.29 is 9.90 Å². The third kappa shape index (κ3) is 3.47. The number of phenols is 1. The van der Waals surface area contributed by atoms with Gasteiger partial charge in [-0.25, -0.2) is 0 Å². The molecule has 0 saturated carbocycles. The molecule has 0 atom stereocenters. The molecule has 0 spiro atoms. The van der Waals surface area contributed by atoms with Gasteiger partial charge in [-0.1, -0.05) is 25.5 Å². The Morgan fingerprint density at radius 3 is 2.75 bits per heavy atom. The molecule has 0 aromatic heterocycles. The lowest BCUT2D eigenvalue weighted by Gasteiger charge is -2.12. The Morgan fingerprint density at radius 2 is 2.05 bits per heavy atom. The lowest BCUT2D eigenvalue weighted by Crippen LogP contribution is -2.00. The normalized spacial score (nSPS) is 16.6. The summed E-state index contributed by atoms with van der Waals surface area (Å²) in [7, 11) is 0. The predicted octanol–water partition coefficient (Wildman–Crippen LogP) is 4.34. The number of benzene rings is 1. The molecule has 1 N–H and O–H groups in total. The van der Waals surface area contributed by atoms with Crippen molar-refractivity contribution in [3.05, 3.63) is 58.7 Å². The molecule has 0 radical (unpaired) electrons. The zero-order valence-corrected chi connectivity index (χ0v) is 12.0. The van der Waals surface area contributed by atoms with Gasteiger partial charge >= 0.3 is 0 Å². The van der Waals surface area contributed by atoms with E-state index in [0.717, 1.165) is 41.5 Å². The number of phenolic OH excluding ortho intramolecular Hbond substituents is 1. The fraction of sp³-hybridized carbons (Fsp3) is 0.278. The van der Waals surface area contributed by atoms with Crippen LogP contribution in [0.3, 0.4) is 0 Å². The second kappa shape index (κ2) is 6.38. The van der Waals surface area contributed by atoms with Crippen LogP contribution < -0.4 is 0 Å². The van der Waals surface area contributed by atoms with Gasteiger partial charge in [0.2, 0.25) is 0 Å². The van der Waals surface area contributed by atoms with Crippen LogP contribution in [0.15, 0.2) is 47.6 Å². The third-order valence-electron chi connectivity index (χ3n) is 3.48. The van der Waals surface area contributed by atoms with Gasteiger partial charge in [-0.3, -0.25) is 4.79 Å². The Hall–Kier alpha value is -2.09. The van der Waals surface area contributed by atoms with Crippen LogP contribution in [-0.2, 0) is 4.79 Å². The molecule has 2 rings (SSSR count). The molecule has 0 amide bonds. The highest BCUT2D eigenvalue weighted by atomic mass is 16.3. The number of hydrogen-bond acceptors (Lipinski definition) is 2. The summed E-state index contributed by atoms with van der Waals surface area (Å²) in [6.45, 7) is 4.12. The summed E-state index contributed by atoms with van der Waals surface area (Å²) in [5, 5.41) is 9.46. The fourth-order valence-corrected chi connectivity index (χ4v) is 2.30. The largest absolute Gasteiger partial charge is 0.508 e. The molecule has 1 aromatic carbocycles. The molecule has 0 fully saturated rings. The summed E-state index contributed by atoms with van der Waals surface area (Å²) < 4.78 is 0. The number of carbonyl (C=O) groups is 1. The molecule has 1 aliphatic carbocycles. The van der Waals surface area contributed by atoms with Gasteiger partial charge in [0.15, 0.2) is 5.78 Å². The van der Waals surface area contributed by atoms with Gasteiger partial charge in [-0.05, 0) is 72.4 Å². The first kappa shape index (κ1) is 14.3. The number of ketones is 1. The fourth-order valence-electron chi connectivity index (χ4n) is 2.30. The van der Waals surface area contributed by atoms with E-state index in [1.165, 1.54) is 0 Å². The highest BCUT2D eigenvalue weighted by molar-refractivity contribution is 6.03. The van der Waals surface area contributed by atoms with Gasteiger partial charge in [-0.15, -0.1) is 0 Å². The Labute approximate surface area is 120 Å². The number of hydrogen-bond donors (Lipinski definition) is 1. The molecule has 0 heterocycles. The smallest absolute Gasteiger partial charge is 0.178 e. The van der Waals surface area contributed by atoms with E-state index in [0.29, 0.717) is 0 Å². The van der Waals surface area contributed by atoms with Crippen LogP contribution >= 0.6 is 0 Å². The number of aryl methyl sites for hydroxylation is 1. The van der Waals surface area contributed by atoms with Gasteiger partial charge in [-0.2, -0.15) is 0 Å². The van der Waals surface area contributed by atoms with Crippen molar-refractivity contribution in [1.29, 1.82) is 0 Å². The number of aromatic hydroxyl groups is 1. The first-order valence-electron chi connectivity index (χ1n) is 7.04. The van der Waals surface area contributed by atoms with E-state index in [4.69, 9.17) is 0 Å². The summed E-state index contributed by atoms with van der Waals surface area (Å²) in [5.41, 5.74) is 4.29. The van der Waals surface area contributed by atoms with Gasteiger partial charge in [0, 0.05) is 0 Å². The molecule has 2 heteroatoms. The molecule has 20 heavy (non-hydrogen) atoms. The van der Waals surface area contributed by atoms with Gasteiger partial charge in [0.05, 0.1) is 0 Å². The molecule has 1 aromatic rings. The zero-order valence-electron chi connectivity index (χ0n) is 12.0. The maximum atomic E-state index is 11.5. The van der Waals surface area contributed by atoms with Crippen molar-refractivity contribution in [3.63, 3.8) is 0 Å². The minimum atomic E-state index is 0.0654. The molecular formula is C18H20O2. The average molecular weight is 268 g/mol. The van der Waals surface area contributed by atoms with Crippen LogP contribution in [0.1, 0.15) is 37.3 Å². The quantitative estimate of drug-likeness (QED) is 0.882. The minimum absolute atomic E-state index is 0.0654. The lowest BCUT2D eigenvalue weighted by molar-refractivity contribution is -0.110. The molecule has 0 aliphatic heterocycles. The first-order valence-corrected chi connectivity index (χ1v) is 7.04. The number of rotatable bonds is 4. The highest BCUT2D eigenvalue weighted by Crippen LogP contribution is 2.26. The van der Waals surface area contributed by atoms with Crippen LogP contribution in [0.5, 0.6) is 5.75 Å². The Kier molecular flexibility index (Phi) is 4.57. The Balaban J connectivity index is 2.33. The van der Waals surface area contributed by atoms with Gasteiger partial charge in [0.1, 0.15) is 5.75 Å². The summed E-state index contributed by atoms with van der Waals surface area (Å²) in [4.78, 5) is 11.5. The minimum Gasteiger partial charge on any atom is -0.508 e. The molecule has 1 aliphatic rings. The first-order chi connectivity index (χ1) is 9.60. The second-order valence-electron chi connectivity index (χ2n) is 5.15. The van der Waals surface area contributed by atoms with Gasteiger partial charge < -0.3 is 5.11 Å². The van der Waals surface area contributed by atoms with Crippen LogP contribution in [0.25, 0.3) is 6.08 Å². The average Bonchev–Trinajstić information content (AvgIpc) is 2.41. The van der Waals surface area contributed by atoms with Crippen molar-refractivity contribution in [2.75, 3.05) is 0 Å². The van der Waals surface area contributed by atoms with E-state index in [1.54, 1.807) is 24.3 Å². The molecule has 0 saturated heterocycles. The molecule has 0 unspecified atom stereocenters. The van der Waals surface area contributed by atoms with E-state index >= 15 is 0 Å². The van der Waals surface area contributed by atoms with Crippen LogP contribution in [-0.4, -0.2) is 10.9 Å².